The Balaban J connectivity index is 3.00. The predicted molar refractivity (Wildman–Crippen MR) is 64.5 cm³/mol. The molecule has 0 heterocycles. The molecule has 0 fully saturated rings. The molecule has 1 aromatic carbocycles. The second-order valence-electron chi connectivity index (χ2n) is 4.25. The lowest BCUT2D eigenvalue weighted by Crippen LogP contribution is -2.39. The van der Waals surface area contributed by atoms with Crippen molar-refractivity contribution in [2.75, 3.05) is 19.0 Å². The van der Waals surface area contributed by atoms with Gasteiger partial charge in [0.1, 0.15) is 0 Å². The molecule has 0 aliphatic carbocycles. The first-order chi connectivity index (χ1) is 7.50. The van der Waals surface area contributed by atoms with Gasteiger partial charge in [-0.05, 0) is 26.0 Å². The lowest BCUT2D eigenvalue weighted by Gasteiger charge is -2.26. The third-order valence-electron chi connectivity index (χ3n) is 2.32. The summed E-state index contributed by atoms with van der Waals surface area (Å²) in [5.41, 5.74) is 6.63. The number of ether oxygens (including phenoxy) is 1. The Kier molecular flexibility index (Phi) is 3.90. The SMILES string of the molecule is COC(=O)c1ccccc1NC(C)(C)CN. The molecule has 0 unspecified atom stereocenters. The minimum atomic E-state index is -0.351. The molecule has 1 rings (SSSR count). The van der Waals surface area contributed by atoms with Crippen LogP contribution < -0.4 is 11.1 Å². The highest BCUT2D eigenvalue weighted by Gasteiger charge is 2.18. The largest absolute Gasteiger partial charge is 0.465 e. The van der Waals surface area contributed by atoms with E-state index >= 15 is 0 Å². The Morgan fingerprint density at radius 3 is 2.62 bits per heavy atom. The average Bonchev–Trinajstić information content (AvgIpc) is 2.28. The van der Waals surface area contributed by atoms with Gasteiger partial charge in [-0.3, -0.25) is 0 Å². The molecule has 0 amide bonds. The fraction of sp³-hybridized carbons (Fsp3) is 0.417. The number of nitrogens with one attached hydrogen (secondary N) is 1. The number of esters is 1. The molecule has 1 aromatic rings. The molecule has 0 radical (unpaired) electrons. The monoisotopic (exact) mass is 222 g/mol. The van der Waals surface area contributed by atoms with Crippen LogP contribution in [0.3, 0.4) is 0 Å². The van der Waals surface area contributed by atoms with Crippen molar-refractivity contribution >= 4 is 11.7 Å². The predicted octanol–water partition coefficient (Wildman–Crippen LogP) is 1.62. The number of carbonyl (C=O) groups excluding carboxylic acids is 1. The fourth-order valence-corrected chi connectivity index (χ4v) is 1.30. The number of methoxy groups -OCH3 is 1. The first kappa shape index (κ1) is 12.5. The standard InChI is InChI=1S/C12H18N2O2/c1-12(2,8-13)14-10-7-5-4-6-9(10)11(15)16-3/h4-7,14H,8,13H2,1-3H3. The molecule has 0 aliphatic rings. The van der Waals surface area contributed by atoms with E-state index < -0.39 is 0 Å². The molecule has 4 nitrogen and oxygen atoms in total. The number of carbonyl (C=O) groups is 1. The summed E-state index contributed by atoms with van der Waals surface area (Å²) in [4.78, 5) is 11.5. The Hall–Kier alpha value is -1.55. The molecule has 16 heavy (non-hydrogen) atoms. The van der Waals surface area contributed by atoms with Crippen LogP contribution in [0.1, 0.15) is 24.2 Å². The van der Waals surface area contributed by atoms with Crippen molar-refractivity contribution in [3.63, 3.8) is 0 Å². The fourth-order valence-electron chi connectivity index (χ4n) is 1.30. The van der Waals surface area contributed by atoms with Crippen LogP contribution in [0, 0.1) is 0 Å². The van der Waals surface area contributed by atoms with Gasteiger partial charge in [0, 0.05) is 17.8 Å². The van der Waals surface area contributed by atoms with Crippen LogP contribution in [0.25, 0.3) is 0 Å². The zero-order chi connectivity index (χ0) is 12.2. The summed E-state index contributed by atoms with van der Waals surface area (Å²) in [5.74, 6) is -0.351. The van der Waals surface area contributed by atoms with E-state index in [1.165, 1.54) is 7.11 Å². The Morgan fingerprint density at radius 1 is 1.44 bits per heavy atom. The van der Waals surface area contributed by atoms with E-state index in [1.807, 2.05) is 26.0 Å². The van der Waals surface area contributed by atoms with Crippen molar-refractivity contribution in [2.24, 2.45) is 5.73 Å². The second kappa shape index (κ2) is 4.99. The normalized spacial score (nSPS) is 11.0. The zero-order valence-corrected chi connectivity index (χ0v) is 9.91. The average molecular weight is 222 g/mol. The van der Waals surface area contributed by atoms with E-state index in [9.17, 15) is 4.79 Å². The molecule has 0 aromatic heterocycles. The van der Waals surface area contributed by atoms with Gasteiger partial charge < -0.3 is 15.8 Å². The molecule has 88 valence electrons. The minimum absolute atomic E-state index is 0.260. The van der Waals surface area contributed by atoms with Gasteiger partial charge in [-0.15, -0.1) is 0 Å². The highest BCUT2D eigenvalue weighted by Crippen LogP contribution is 2.20. The van der Waals surface area contributed by atoms with Gasteiger partial charge in [0.15, 0.2) is 0 Å². The zero-order valence-electron chi connectivity index (χ0n) is 9.91. The number of nitrogens with two attached hydrogens (primary N) is 1. The highest BCUT2D eigenvalue weighted by atomic mass is 16.5. The first-order valence-corrected chi connectivity index (χ1v) is 5.16. The van der Waals surface area contributed by atoms with E-state index in [4.69, 9.17) is 10.5 Å². The van der Waals surface area contributed by atoms with E-state index in [2.05, 4.69) is 5.32 Å². The Morgan fingerprint density at radius 2 is 2.06 bits per heavy atom. The molecule has 3 N–H and O–H groups in total. The van der Waals surface area contributed by atoms with Gasteiger partial charge in [0.2, 0.25) is 0 Å². The van der Waals surface area contributed by atoms with Gasteiger partial charge in [-0.2, -0.15) is 0 Å². The van der Waals surface area contributed by atoms with Crippen LogP contribution in [0.5, 0.6) is 0 Å². The van der Waals surface area contributed by atoms with Crippen LogP contribution in [-0.4, -0.2) is 25.2 Å². The number of hydrogen-bond acceptors (Lipinski definition) is 4. The summed E-state index contributed by atoms with van der Waals surface area (Å²) in [6.45, 7) is 4.42. The van der Waals surface area contributed by atoms with Crippen LogP contribution >= 0.6 is 0 Å². The molecule has 0 spiro atoms. The third kappa shape index (κ3) is 2.97. The van der Waals surface area contributed by atoms with Crippen molar-refractivity contribution in [1.82, 2.24) is 0 Å². The number of anilines is 1. The molecule has 0 saturated heterocycles. The molecule has 0 saturated carbocycles. The van der Waals surface area contributed by atoms with Crippen molar-refractivity contribution < 1.29 is 9.53 Å². The van der Waals surface area contributed by atoms with E-state index in [-0.39, 0.29) is 11.5 Å². The van der Waals surface area contributed by atoms with E-state index in [0.29, 0.717) is 12.1 Å². The molecule has 4 heteroatoms. The number of rotatable bonds is 4. The summed E-state index contributed by atoms with van der Waals surface area (Å²) in [6.07, 6.45) is 0. The van der Waals surface area contributed by atoms with Crippen LogP contribution in [0.4, 0.5) is 5.69 Å². The third-order valence-corrected chi connectivity index (χ3v) is 2.32. The maximum absolute atomic E-state index is 11.5. The number of hydrogen-bond donors (Lipinski definition) is 2. The summed E-state index contributed by atoms with van der Waals surface area (Å²) in [6, 6.07) is 7.22. The molecular weight excluding hydrogens is 204 g/mol. The van der Waals surface area contributed by atoms with Crippen LogP contribution in [0.15, 0.2) is 24.3 Å². The lowest BCUT2D eigenvalue weighted by atomic mass is 10.0. The number of benzene rings is 1. The summed E-state index contributed by atoms with van der Waals surface area (Å²) < 4.78 is 4.71. The molecule has 0 aliphatic heterocycles. The Bertz CT molecular complexity index is 375. The summed E-state index contributed by atoms with van der Waals surface area (Å²) in [5, 5.41) is 3.23. The van der Waals surface area contributed by atoms with Gasteiger partial charge >= 0.3 is 5.97 Å². The topological polar surface area (TPSA) is 64.3 Å². The maximum atomic E-state index is 11.5. The van der Waals surface area contributed by atoms with Crippen molar-refractivity contribution in [3.8, 4) is 0 Å². The van der Waals surface area contributed by atoms with Gasteiger partial charge in [-0.25, -0.2) is 4.79 Å². The van der Waals surface area contributed by atoms with Crippen molar-refractivity contribution in [2.45, 2.75) is 19.4 Å². The highest BCUT2D eigenvalue weighted by molar-refractivity contribution is 5.95. The van der Waals surface area contributed by atoms with Crippen molar-refractivity contribution in [1.29, 1.82) is 0 Å². The lowest BCUT2D eigenvalue weighted by molar-refractivity contribution is 0.0602. The summed E-state index contributed by atoms with van der Waals surface area (Å²) in [7, 11) is 1.37. The molecular formula is C12H18N2O2. The smallest absolute Gasteiger partial charge is 0.339 e. The van der Waals surface area contributed by atoms with Gasteiger partial charge in [-0.1, -0.05) is 12.1 Å². The van der Waals surface area contributed by atoms with E-state index in [1.54, 1.807) is 12.1 Å². The van der Waals surface area contributed by atoms with E-state index in [0.717, 1.165) is 5.69 Å². The Labute approximate surface area is 95.8 Å². The van der Waals surface area contributed by atoms with Crippen LogP contribution in [-0.2, 0) is 4.74 Å². The molecule has 0 bridgehead atoms. The van der Waals surface area contributed by atoms with Gasteiger partial charge in [0.25, 0.3) is 0 Å². The van der Waals surface area contributed by atoms with Crippen molar-refractivity contribution in [3.05, 3.63) is 29.8 Å². The first-order valence-electron chi connectivity index (χ1n) is 5.16. The quantitative estimate of drug-likeness (QED) is 0.760. The molecule has 0 atom stereocenters. The number of para-hydroxylation sites is 1. The van der Waals surface area contributed by atoms with Gasteiger partial charge in [0.05, 0.1) is 12.7 Å². The van der Waals surface area contributed by atoms with Crippen LogP contribution in [0.2, 0.25) is 0 Å². The maximum Gasteiger partial charge on any atom is 0.339 e. The minimum Gasteiger partial charge on any atom is -0.465 e. The summed E-state index contributed by atoms with van der Waals surface area (Å²) >= 11 is 0. The second-order valence-corrected chi connectivity index (χ2v) is 4.25.